The fourth-order valence-corrected chi connectivity index (χ4v) is 3.20. The standard InChI is InChI=1S/C11H17NOS/c1-7(13)10-12-8-4-5-11(2,3)6-9(8)14-10/h7,13H,4-6H2,1-3H3. The Morgan fingerprint density at radius 2 is 2.21 bits per heavy atom. The molecule has 1 aliphatic carbocycles. The van der Waals surface area contributed by atoms with E-state index in [1.54, 1.807) is 18.3 Å². The van der Waals surface area contributed by atoms with Gasteiger partial charge in [0.25, 0.3) is 0 Å². The average Bonchev–Trinajstić information content (AvgIpc) is 2.45. The van der Waals surface area contributed by atoms with E-state index in [1.807, 2.05) is 0 Å². The van der Waals surface area contributed by atoms with E-state index in [1.165, 1.54) is 17.0 Å². The van der Waals surface area contributed by atoms with E-state index in [4.69, 9.17) is 0 Å². The molecule has 0 saturated carbocycles. The molecule has 1 aromatic heterocycles. The van der Waals surface area contributed by atoms with Gasteiger partial charge >= 0.3 is 0 Å². The van der Waals surface area contributed by atoms with Crippen LogP contribution in [-0.2, 0) is 12.8 Å². The van der Waals surface area contributed by atoms with Crippen molar-refractivity contribution >= 4 is 11.3 Å². The third kappa shape index (κ3) is 1.84. The van der Waals surface area contributed by atoms with Gasteiger partial charge in [-0.1, -0.05) is 13.8 Å². The highest BCUT2D eigenvalue weighted by molar-refractivity contribution is 7.11. The monoisotopic (exact) mass is 211 g/mol. The van der Waals surface area contributed by atoms with Gasteiger partial charge in [-0.25, -0.2) is 4.98 Å². The molecule has 1 atom stereocenters. The number of nitrogens with zero attached hydrogens (tertiary/aromatic N) is 1. The lowest BCUT2D eigenvalue weighted by Gasteiger charge is -2.28. The summed E-state index contributed by atoms with van der Waals surface area (Å²) >= 11 is 1.68. The zero-order valence-corrected chi connectivity index (χ0v) is 9.82. The Morgan fingerprint density at radius 1 is 1.50 bits per heavy atom. The number of hydrogen-bond acceptors (Lipinski definition) is 3. The third-order valence-electron chi connectivity index (χ3n) is 2.83. The van der Waals surface area contributed by atoms with Crippen LogP contribution in [0.5, 0.6) is 0 Å². The van der Waals surface area contributed by atoms with Gasteiger partial charge in [-0.05, 0) is 31.6 Å². The molecule has 0 aromatic carbocycles. The molecule has 2 rings (SSSR count). The first-order chi connectivity index (χ1) is 6.48. The van der Waals surface area contributed by atoms with Crippen LogP contribution in [0.15, 0.2) is 0 Å². The summed E-state index contributed by atoms with van der Waals surface area (Å²) in [6.45, 7) is 6.39. The van der Waals surface area contributed by atoms with Gasteiger partial charge in [-0.15, -0.1) is 11.3 Å². The topological polar surface area (TPSA) is 33.1 Å². The molecule has 0 spiro atoms. The van der Waals surface area contributed by atoms with Crippen molar-refractivity contribution in [3.63, 3.8) is 0 Å². The second-order valence-corrected chi connectivity index (χ2v) is 6.05. The summed E-state index contributed by atoms with van der Waals surface area (Å²) in [5.74, 6) is 0. The van der Waals surface area contributed by atoms with Crippen molar-refractivity contribution in [2.45, 2.75) is 46.1 Å². The van der Waals surface area contributed by atoms with E-state index in [2.05, 4.69) is 18.8 Å². The van der Waals surface area contributed by atoms with Crippen molar-refractivity contribution in [3.8, 4) is 0 Å². The van der Waals surface area contributed by atoms with E-state index in [-0.39, 0.29) is 0 Å². The Bertz CT molecular complexity index is 341. The van der Waals surface area contributed by atoms with Gasteiger partial charge in [-0.3, -0.25) is 0 Å². The number of hydrogen-bond donors (Lipinski definition) is 1. The second-order valence-electron chi connectivity index (χ2n) is 4.94. The van der Waals surface area contributed by atoms with E-state index < -0.39 is 6.10 Å². The molecule has 0 radical (unpaired) electrons. The molecule has 1 N–H and O–H groups in total. The lowest BCUT2D eigenvalue weighted by Crippen LogP contribution is -2.20. The molecule has 0 amide bonds. The molecule has 0 aliphatic heterocycles. The number of rotatable bonds is 1. The molecule has 2 nitrogen and oxygen atoms in total. The van der Waals surface area contributed by atoms with Crippen molar-refractivity contribution in [1.29, 1.82) is 0 Å². The SMILES string of the molecule is CC(O)c1nc2c(s1)CC(C)(C)CC2. The van der Waals surface area contributed by atoms with Gasteiger partial charge in [0.15, 0.2) is 0 Å². The van der Waals surface area contributed by atoms with E-state index >= 15 is 0 Å². The van der Waals surface area contributed by atoms with Gasteiger partial charge in [0.1, 0.15) is 11.1 Å². The van der Waals surface area contributed by atoms with Crippen molar-refractivity contribution < 1.29 is 5.11 Å². The summed E-state index contributed by atoms with van der Waals surface area (Å²) in [5.41, 5.74) is 1.64. The van der Waals surface area contributed by atoms with Gasteiger partial charge in [0, 0.05) is 4.88 Å². The maximum atomic E-state index is 9.45. The first-order valence-electron chi connectivity index (χ1n) is 5.14. The van der Waals surface area contributed by atoms with E-state index in [0.717, 1.165) is 17.8 Å². The summed E-state index contributed by atoms with van der Waals surface area (Å²) < 4.78 is 0. The molecule has 0 saturated heterocycles. The van der Waals surface area contributed by atoms with Crippen LogP contribution in [0, 0.1) is 5.41 Å². The van der Waals surface area contributed by atoms with E-state index in [0.29, 0.717) is 5.41 Å². The Balaban J connectivity index is 2.30. The molecule has 1 aromatic rings. The van der Waals surface area contributed by atoms with Crippen LogP contribution >= 0.6 is 11.3 Å². The first-order valence-corrected chi connectivity index (χ1v) is 5.96. The molecule has 1 unspecified atom stereocenters. The highest BCUT2D eigenvalue weighted by Crippen LogP contribution is 2.38. The molecule has 1 heterocycles. The van der Waals surface area contributed by atoms with Crippen LogP contribution in [0.2, 0.25) is 0 Å². The number of aliphatic hydroxyl groups excluding tert-OH is 1. The van der Waals surface area contributed by atoms with Gasteiger partial charge < -0.3 is 5.11 Å². The van der Waals surface area contributed by atoms with Crippen LogP contribution < -0.4 is 0 Å². The smallest absolute Gasteiger partial charge is 0.121 e. The average molecular weight is 211 g/mol. The summed E-state index contributed by atoms with van der Waals surface area (Å²) in [6, 6.07) is 0. The number of thiazole rings is 1. The zero-order valence-electron chi connectivity index (χ0n) is 9.00. The number of aromatic nitrogens is 1. The molecule has 1 aliphatic rings. The van der Waals surface area contributed by atoms with Crippen LogP contribution in [0.1, 0.15) is 48.9 Å². The Hall–Kier alpha value is -0.410. The summed E-state index contributed by atoms with van der Waals surface area (Å²) in [7, 11) is 0. The van der Waals surface area contributed by atoms with Crippen LogP contribution in [0.3, 0.4) is 0 Å². The molecule has 14 heavy (non-hydrogen) atoms. The fourth-order valence-electron chi connectivity index (χ4n) is 1.90. The lowest BCUT2D eigenvalue weighted by molar-refractivity contribution is 0.198. The van der Waals surface area contributed by atoms with Crippen LogP contribution in [0.4, 0.5) is 0 Å². The molecular formula is C11H17NOS. The summed E-state index contributed by atoms with van der Waals surface area (Å²) in [6.07, 6.45) is 3.00. The zero-order chi connectivity index (χ0) is 10.3. The van der Waals surface area contributed by atoms with Crippen LogP contribution in [0.25, 0.3) is 0 Å². The van der Waals surface area contributed by atoms with E-state index in [9.17, 15) is 5.11 Å². The third-order valence-corrected chi connectivity index (χ3v) is 4.10. The van der Waals surface area contributed by atoms with Gasteiger partial charge in [-0.2, -0.15) is 0 Å². The van der Waals surface area contributed by atoms with Gasteiger partial charge in [0.05, 0.1) is 5.69 Å². The predicted octanol–water partition coefficient (Wildman–Crippen LogP) is 2.71. The number of aryl methyl sites for hydroxylation is 1. The largest absolute Gasteiger partial charge is 0.386 e. The summed E-state index contributed by atoms with van der Waals surface area (Å²) in [5, 5.41) is 10.3. The predicted molar refractivity (Wildman–Crippen MR) is 58.6 cm³/mol. The Labute approximate surface area is 89.0 Å². The number of aliphatic hydroxyl groups is 1. The maximum absolute atomic E-state index is 9.45. The van der Waals surface area contributed by atoms with Crippen LogP contribution in [-0.4, -0.2) is 10.1 Å². The minimum absolute atomic E-state index is 0.409. The highest BCUT2D eigenvalue weighted by Gasteiger charge is 2.28. The quantitative estimate of drug-likeness (QED) is 0.774. The minimum Gasteiger partial charge on any atom is -0.386 e. The molecule has 3 heteroatoms. The van der Waals surface area contributed by atoms with Crippen molar-refractivity contribution in [2.75, 3.05) is 0 Å². The second kappa shape index (κ2) is 3.31. The number of fused-ring (bicyclic) bond motifs is 1. The van der Waals surface area contributed by atoms with Gasteiger partial charge in [0.2, 0.25) is 0 Å². The highest BCUT2D eigenvalue weighted by atomic mass is 32.1. The molecule has 0 bridgehead atoms. The van der Waals surface area contributed by atoms with Crippen molar-refractivity contribution in [3.05, 3.63) is 15.6 Å². The molecule has 0 fully saturated rings. The Morgan fingerprint density at radius 3 is 2.86 bits per heavy atom. The summed E-state index contributed by atoms with van der Waals surface area (Å²) in [4.78, 5) is 5.87. The molecular weight excluding hydrogens is 194 g/mol. The Kier molecular flexibility index (Phi) is 2.40. The van der Waals surface area contributed by atoms with Crippen molar-refractivity contribution in [1.82, 2.24) is 4.98 Å². The fraction of sp³-hybridized carbons (Fsp3) is 0.727. The normalized spacial score (nSPS) is 21.7. The van der Waals surface area contributed by atoms with Crippen molar-refractivity contribution in [2.24, 2.45) is 5.41 Å². The molecule has 78 valence electrons. The lowest BCUT2D eigenvalue weighted by atomic mass is 9.79. The minimum atomic E-state index is -0.409. The maximum Gasteiger partial charge on any atom is 0.121 e. The first kappa shape index (κ1) is 10.1.